The Morgan fingerprint density at radius 2 is 1.90 bits per heavy atom. The second-order valence-corrected chi connectivity index (χ2v) is 5.03. The third-order valence-corrected chi connectivity index (χ3v) is 3.73. The van der Waals surface area contributed by atoms with Gasteiger partial charge in [0.15, 0.2) is 0 Å². The maximum absolute atomic E-state index is 6.24. The lowest BCUT2D eigenvalue weighted by atomic mass is 10.1. The molecule has 3 N–H and O–H groups in total. The van der Waals surface area contributed by atoms with Crippen molar-refractivity contribution in [2.45, 2.75) is 12.6 Å². The molecule has 0 spiro atoms. The summed E-state index contributed by atoms with van der Waals surface area (Å²) in [6, 6.07) is 15.7. The average Bonchev–Trinajstić information content (AvgIpc) is 2.89. The van der Waals surface area contributed by atoms with E-state index in [0.717, 1.165) is 16.6 Å². The largest absolute Gasteiger partial charge is 0.329 e. The number of imidazole rings is 1. The molecule has 1 aromatic heterocycles. The van der Waals surface area contributed by atoms with Crippen LogP contribution in [0.15, 0.2) is 54.9 Å². The molecule has 0 aliphatic rings. The summed E-state index contributed by atoms with van der Waals surface area (Å²) >= 11 is 6.24. The molecule has 1 unspecified atom stereocenters. The van der Waals surface area contributed by atoms with Gasteiger partial charge in [-0.25, -0.2) is 4.98 Å². The van der Waals surface area contributed by atoms with E-state index in [0.29, 0.717) is 11.6 Å². The highest BCUT2D eigenvalue weighted by molar-refractivity contribution is 6.31. The number of benzene rings is 2. The SMILES string of the molecule is NNC(Cn1cnc2ccccc21)c1ccccc1Cl. The topological polar surface area (TPSA) is 55.9 Å². The Bertz CT molecular complexity index is 722. The molecular weight excluding hydrogens is 272 g/mol. The summed E-state index contributed by atoms with van der Waals surface area (Å²) in [5.74, 6) is 5.69. The van der Waals surface area contributed by atoms with Crippen LogP contribution in [0.5, 0.6) is 0 Å². The molecule has 0 bridgehead atoms. The molecule has 3 aromatic rings. The van der Waals surface area contributed by atoms with Gasteiger partial charge < -0.3 is 4.57 Å². The van der Waals surface area contributed by atoms with Crippen LogP contribution in [-0.4, -0.2) is 9.55 Å². The van der Waals surface area contributed by atoms with Crippen molar-refractivity contribution in [3.05, 3.63) is 65.4 Å². The zero-order valence-corrected chi connectivity index (χ0v) is 11.6. The number of hydrazine groups is 1. The van der Waals surface area contributed by atoms with E-state index in [1.165, 1.54) is 0 Å². The van der Waals surface area contributed by atoms with Gasteiger partial charge in [0.2, 0.25) is 0 Å². The average molecular weight is 287 g/mol. The maximum Gasteiger partial charge on any atom is 0.0958 e. The predicted molar refractivity (Wildman–Crippen MR) is 81.2 cm³/mol. The van der Waals surface area contributed by atoms with Gasteiger partial charge in [0.05, 0.1) is 23.4 Å². The smallest absolute Gasteiger partial charge is 0.0958 e. The number of nitrogens with one attached hydrogen (secondary N) is 1. The molecule has 0 aliphatic carbocycles. The predicted octanol–water partition coefficient (Wildman–Crippen LogP) is 2.89. The molecule has 4 nitrogen and oxygen atoms in total. The second-order valence-electron chi connectivity index (χ2n) is 4.63. The maximum atomic E-state index is 6.24. The van der Waals surface area contributed by atoms with Gasteiger partial charge in [0.1, 0.15) is 0 Å². The van der Waals surface area contributed by atoms with Gasteiger partial charge in [-0.05, 0) is 23.8 Å². The summed E-state index contributed by atoms with van der Waals surface area (Å²) in [7, 11) is 0. The fourth-order valence-corrected chi connectivity index (χ4v) is 2.62. The van der Waals surface area contributed by atoms with Crippen LogP contribution >= 0.6 is 11.6 Å². The first-order valence-electron chi connectivity index (χ1n) is 6.40. The van der Waals surface area contributed by atoms with Crippen LogP contribution in [0.1, 0.15) is 11.6 Å². The van der Waals surface area contributed by atoms with E-state index < -0.39 is 0 Å². The number of nitrogens with zero attached hydrogens (tertiary/aromatic N) is 2. The number of para-hydroxylation sites is 2. The Kier molecular flexibility index (Phi) is 3.69. The zero-order chi connectivity index (χ0) is 13.9. The van der Waals surface area contributed by atoms with Crippen molar-refractivity contribution in [1.29, 1.82) is 0 Å². The lowest BCUT2D eigenvalue weighted by Crippen LogP contribution is -2.31. The Morgan fingerprint density at radius 1 is 1.15 bits per heavy atom. The summed E-state index contributed by atoms with van der Waals surface area (Å²) in [5.41, 5.74) is 5.87. The molecule has 3 rings (SSSR count). The van der Waals surface area contributed by atoms with E-state index in [2.05, 4.69) is 15.0 Å². The number of halogens is 1. The number of rotatable bonds is 4. The first-order chi connectivity index (χ1) is 9.79. The number of hydrogen-bond acceptors (Lipinski definition) is 3. The van der Waals surface area contributed by atoms with Gasteiger partial charge in [-0.3, -0.25) is 11.3 Å². The van der Waals surface area contributed by atoms with Crippen molar-refractivity contribution >= 4 is 22.6 Å². The van der Waals surface area contributed by atoms with Crippen LogP contribution < -0.4 is 11.3 Å². The summed E-state index contributed by atoms with van der Waals surface area (Å²) in [5, 5.41) is 0.708. The zero-order valence-electron chi connectivity index (χ0n) is 10.8. The molecule has 102 valence electrons. The van der Waals surface area contributed by atoms with Crippen molar-refractivity contribution in [3.63, 3.8) is 0 Å². The van der Waals surface area contributed by atoms with Crippen LogP contribution in [0.25, 0.3) is 11.0 Å². The summed E-state index contributed by atoms with van der Waals surface area (Å²) < 4.78 is 2.07. The van der Waals surface area contributed by atoms with Crippen LogP contribution in [0.2, 0.25) is 5.02 Å². The summed E-state index contributed by atoms with van der Waals surface area (Å²) in [6.45, 7) is 0.667. The lowest BCUT2D eigenvalue weighted by Gasteiger charge is -2.18. The fourth-order valence-electron chi connectivity index (χ4n) is 2.35. The summed E-state index contributed by atoms with van der Waals surface area (Å²) in [6.07, 6.45) is 1.83. The number of aromatic nitrogens is 2. The molecule has 0 fully saturated rings. The van der Waals surface area contributed by atoms with E-state index in [4.69, 9.17) is 17.4 Å². The first kappa shape index (κ1) is 13.1. The third-order valence-electron chi connectivity index (χ3n) is 3.39. The Hall–Kier alpha value is -1.88. The van der Waals surface area contributed by atoms with Gasteiger partial charge in [-0.1, -0.05) is 41.9 Å². The lowest BCUT2D eigenvalue weighted by molar-refractivity contribution is 0.481. The molecule has 1 heterocycles. The van der Waals surface area contributed by atoms with Gasteiger partial charge in [-0.2, -0.15) is 0 Å². The fraction of sp³-hybridized carbons (Fsp3) is 0.133. The number of hydrogen-bond donors (Lipinski definition) is 2. The monoisotopic (exact) mass is 286 g/mol. The van der Waals surface area contributed by atoms with Gasteiger partial charge in [0, 0.05) is 11.6 Å². The molecule has 1 atom stereocenters. The molecule has 5 heteroatoms. The highest BCUT2D eigenvalue weighted by Gasteiger charge is 2.14. The van der Waals surface area contributed by atoms with Gasteiger partial charge in [0.25, 0.3) is 0 Å². The molecule has 2 aromatic carbocycles. The van der Waals surface area contributed by atoms with Gasteiger partial charge in [-0.15, -0.1) is 0 Å². The van der Waals surface area contributed by atoms with Crippen LogP contribution in [-0.2, 0) is 6.54 Å². The number of fused-ring (bicyclic) bond motifs is 1. The van der Waals surface area contributed by atoms with Crippen LogP contribution in [0, 0.1) is 0 Å². The second kappa shape index (κ2) is 5.63. The molecular formula is C15H15ClN4. The number of nitrogens with two attached hydrogens (primary N) is 1. The van der Waals surface area contributed by atoms with E-state index in [1.807, 2.05) is 54.9 Å². The van der Waals surface area contributed by atoms with E-state index in [9.17, 15) is 0 Å². The summed E-state index contributed by atoms with van der Waals surface area (Å²) in [4.78, 5) is 4.38. The molecule has 0 amide bonds. The van der Waals surface area contributed by atoms with E-state index in [1.54, 1.807) is 0 Å². The van der Waals surface area contributed by atoms with Crippen molar-refractivity contribution in [3.8, 4) is 0 Å². The normalized spacial score (nSPS) is 12.7. The Balaban J connectivity index is 1.94. The Labute approximate surface area is 122 Å². The van der Waals surface area contributed by atoms with Crippen molar-refractivity contribution in [2.75, 3.05) is 0 Å². The van der Waals surface area contributed by atoms with Crippen molar-refractivity contribution in [1.82, 2.24) is 15.0 Å². The van der Waals surface area contributed by atoms with Crippen LogP contribution in [0.3, 0.4) is 0 Å². The third kappa shape index (κ3) is 2.41. The Morgan fingerprint density at radius 3 is 2.70 bits per heavy atom. The van der Waals surface area contributed by atoms with E-state index in [-0.39, 0.29) is 6.04 Å². The van der Waals surface area contributed by atoms with Gasteiger partial charge >= 0.3 is 0 Å². The highest BCUT2D eigenvalue weighted by Crippen LogP contribution is 2.24. The van der Waals surface area contributed by atoms with Crippen molar-refractivity contribution in [2.24, 2.45) is 5.84 Å². The highest BCUT2D eigenvalue weighted by atomic mass is 35.5. The molecule has 0 aliphatic heterocycles. The molecule has 0 saturated heterocycles. The molecule has 20 heavy (non-hydrogen) atoms. The minimum atomic E-state index is -0.0682. The molecule has 0 saturated carbocycles. The van der Waals surface area contributed by atoms with Crippen LogP contribution in [0.4, 0.5) is 0 Å². The van der Waals surface area contributed by atoms with E-state index >= 15 is 0 Å². The van der Waals surface area contributed by atoms with Crippen molar-refractivity contribution < 1.29 is 0 Å². The minimum Gasteiger partial charge on any atom is -0.329 e. The minimum absolute atomic E-state index is 0.0682. The first-order valence-corrected chi connectivity index (χ1v) is 6.78. The quantitative estimate of drug-likeness (QED) is 0.573. The molecule has 0 radical (unpaired) electrons. The standard InChI is InChI=1S/C15H15ClN4/c16-12-6-2-1-5-11(12)14(19-17)9-20-10-18-13-7-3-4-8-15(13)20/h1-8,10,14,19H,9,17H2.